The third-order valence-corrected chi connectivity index (χ3v) is 5.10. The van der Waals surface area contributed by atoms with Crippen molar-refractivity contribution in [1.82, 2.24) is 5.32 Å². The van der Waals surface area contributed by atoms with Crippen molar-refractivity contribution in [3.05, 3.63) is 21.3 Å². The van der Waals surface area contributed by atoms with Gasteiger partial charge in [-0.2, -0.15) is 0 Å². The number of thiophene rings is 1. The van der Waals surface area contributed by atoms with E-state index >= 15 is 0 Å². The molecule has 1 nitrogen and oxygen atoms in total. The lowest BCUT2D eigenvalue weighted by Gasteiger charge is -2.10. The van der Waals surface area contributed by atoms with Gasteiger partial charge in [0.2, 0.25) is 0 Å². The molecule has 72 valence electrons. The Bertz CT molecular complexity index is 287. The van der Waals surface area contributed by atoms with Gasteiger partial charge in [0.05, 0.1) is 15.3 Å². The van der Waals surface area contributed by atoms with Gasteiger partial charge in [0.25, 0.3) is 0 Å². The topological polar surface area (TPSA) is 12.0 Å². The standard InChI is InChI=1S/C9H12ClNS2/c1-2-6-5-13-9(11-6)8-7(10)3-4-12-8/h3-4,6,9,11H,2,5H2,1H3. The van der Waals surface area contributed by atoms with Crippen LogP contribution in [0.5, 0.6) is 0 Å². The van der Waals surface area contributed by atoms with Crippen molar-refractivity contribution < 1.29 is 0 Å². The van der Waals surface area contributed by atoms with Crippen molar-refractivity contribution in [3.8, 4) is 0 Å². The molecule has 1 saturated heterocycles. The SMILES string of the molecule is CCC1CSC(c2sccc2Cl)N1. The summed E-state index contributed by atoms with van der Waals surface area (Å²) in [6.07, 6.45) is 1.20. The Labute approximate surface area is 91.9 Å². The molecule has 0 spiro atoms. The van der Waals surface area contributed by atoms with Crippen molar-refractivity contribution in [1.29, 1.82) is 0 Å². The van der Waals surface area contributed by atoms with Gasteiger partial charge >= 0.3 is 0 Å². The summed E-state index contributed by atoms with van der Waals surface area (Å²) in [5.74, 6) is 1.20. The summed E-state index contributed by atoms with van der Waals surface area (Å²) >= 11 is 9.77. The van der Waals surface area contributed by atoms with Gasteiger partial charge in [-0.15, -0.1) is 23.1 Å². The van der Waals surface area contributed by atoms with Crippen molar-refractivity contribution in [2.24, 2.45) is 0 Å². The van der Waals surface area contributed by atoms with Gasteiger partial charge in [-0.3, -0.25) is 5.32 Å². The minimum absolute atomic E-state index is 0.428. The van der Waals surface area contributed by atoms with Crippen LogP contribution in [0.15, 0.2) is 11.4 Å². The molecule has 1 aromatic heterocycles. The van der Waals surface area contributed by atoms with Crippen LogP contribution < -0.4 is 5.32 Å². The van der Waals surface area contributed by atoms with Gasteiger partial charge < -0.3 is 0 Å². The van der Waals surface area contributed by atoms with Gasteiger partial charge in [0.1, 0.15) is 0 Å². The van der Waals surface area contributed by atoms with Crippen molar-refractivity contribution in [2.45, 2.75) is 24.8 Å². The molecule has 4 heteroatoms. The fourth-order valence-corrected chi connectivity index (χ4v) is 4.26. The van der Waals surface area contributed by atoms with Gasteiger partial charge in [-0.25, -0.2) is 0 Å². The van der Waals surface area contributed by atoms with E-state index in [1.54, 1.807) is 11.3 Å². The molecule has 2 atom stereocenters. The molecule has 0 bridgehead atoms. The fourth-order valence-electron chi connectivity index (χ4n) is 1.40. The lowest BCUT2D eigenvalue weighted by molar-refractivity contribution is 0.565. The molecule has 13 heavy (non-hydrogen) atoms. The average molecular weight is 234 g/mol. The number of hydrogen-bond acceptors (Lipinski definition) is 3. The Kier molecular flexibility index (Phi) is 3.19. The predicted octanol–water partition coefficient (Wildman–Crippen LogP) is 3.52. The van der Waals surface area contributed by atoms with Gasteiger partial charge in [0.15, 0.2) is 0 Å². The van der Waals surface area contributed by atoms with Gasteiger partial charge in [-0.1, -0.05) is 18.5 Å². The second kappa shape index (κ2) is 4.22. The molecular weight excluding hydrogens is 222 g/mol. The van der Waals surface area contributed by atoms with E-state index in [-0.39, 0.29) is 0 Å². The van der Waals surface area contributed by atoms with E-state index < -0.39 is 0 Å². The first-order chi connectivity index (χ1) is 6.31. The van der Waals surface area contributed by atoms with Gasteiger partial charge in [-0.05, 0) is 17.9 Å². The lowest BCUT2D eigenvalue weighted by atomic mass is 10.2. The largest absolute Gasteiger partial charge is 0.297 e. The minimum Gasteiger partial charge on any atom is -0.297 e. The molecule has 1 fully saturated rings. The lowest BCUT2D eigenvalue weighted by Crippen LogP contribution is -2.24. The molecule has 1 aliphatic rings. The van der Waals surface area contributed by atoms with E-state index in [4.69, 9.17) is 11.6 Å². The van der Waals surface area contributed by atoms with Crippen molar-refractivity contribution >= 4 is 34.7 Å². The van der Waals surface area contributed by atoms with Crippen molar-refractivity contribution in [2.75, 3.05) is 5.75 Å². The van der Waals surface area contributed by atoms with Crippen LogP contribution in [0.3, 0.4) is 0 Å². The first kappa shape index (κ1) is 9.84. The molecule has 2 heterocycles. The molecule has 2 rings (SSSR count). The second-order valence-corrected chi connectivity index (χ2v) is 5.61. The molecule has 0 amide bonds. The number of thioether (sulfide) groups is 1. The zero-order valence-corrected chi connectivity index (χ0v) is 9.81. The van der Waals surface area contributed by atoms with Crippen LogP contribution in [0.1, 0.15) is 23.6 Å². The van der Waals surface area contributed by atoms with E-state index in [2.05, 4.69) is 17.6 Å². The third-order valence-electron chi connectivity index (χ3n) is 2.23. The molecule has 1 N–H and O–H groups in total. The smallest absolute Gasteiger partial charge is 0.0900 e. The summed E-state index contributed by atoms with van der Waals surface area (Å²) < 4.78 is 0. The maximum Gasteiger partial charge on any atom is 0.0900 e. The highest BCUT2D eigenvalue weighted by atomic mass is 35.5. The summed E-state index contributed by atoms with van der Waals surface area (Å²) in [6.45, 7) is 2.22. The first-order valence-electron chi connectivity index (χ1n) is 4.41. The van der Waals surface area contributed by atoms with Crippen LogP contribution >= 0.6 is 34.7 Å². The highest BCUT2D eigenvalue weighted by Gasteiger charge is 2.26. The van der Waals surface area contributed by atoms with Crippen LogP contribution in [0.25, 0.3) is 0 Å². The fraction of sp³-hybridized carbons (Fsp3) is 0.556. The molecule has 0 aromatic carbocycles. The Morgan fingerprint density at radius 2 is 2.54 bits per heavy atom. The summed E-state index contributed by atoms with van der Waals surface area (Å²) in [6, 6.07) is 2.64. The van der Waals surface area contributed by atoms with Crippen molar-refractivity contribution in [3.63, 3.8) is 0 Å². The highest BCUT2D eigenvalue weighted by molar-refractivity contribution is 7.99. The molecule has 1 aliphatic heterocycles. The van der Waals surface area contributed by atoms with E-state index in [9.17, 15) is 0 Å². The number of nitrogens with one attached hydrogen (secondary N) is 1. The zero-order valence-electron chi connectivity index (χ0n) is 7.42. The Hall–Kier alpha value is 0.300. The Morgan fingerprint density at radius 3 is 3.08 bits per heavy atom. The molecule has 0 aliphatic carbocycles. The van der Waals surface area contributed by atoms with Crippen LogP contribution in [0, 0.1) is 0 Å². The van der Waals surface area contributed by atoms with E-state index in [1.165, 1.54) is 17.1 Å². The summed E-state index contributed by atoms with van der Waals surface area (Å²) in [5.41, 5.74) is 0. The maximum absolute atomic E-state index is 6.07. The van der Waals surface area contributed by atoms with E-state index in [1.807, 2.05) is 17.8 Å². The summed E-state index contributed by atoms with van der Waals surface area (Å²) in [5, 5.41) is 6.96. The summed E-state index contributed by atoms with van der Waals surface area (Å²) in [4.78, 5) is 1.28. The quantitative estimate of drug-likeness (QED) is 0.839. The normalized spacial score (nSPS) is 28.2. The van der Waals surface area contributed by atoms with Crippen LogP contribution in [-0.4, -0.2) is 11.8 Å². The predicted molar refractivity (Wildman–Crippen MR) is 61.7 cm³/mol. The number of rotatable bonds is 2. The summed E-state index contributed by atoms with van der Waals surface area (Å²) in [7, 11) is 0. The third kappa shape index (κ3) is 2.04. The zero-order chi connectivity index (χ0) is 9.26. The van der Waals surface area contributed by atoms with Crippen LogP contribution in [0.4, 0.5) is 0 Å². The molecule has 1 aromatic rings. The molecule has 0 radical (unpaired) electrons. The minimum atomic E-state index is 0.428. The Balaban J connectivity index is 2.08. The second-order valence-electron chi connectivity index (χ2n) is 3.12. The average Bonchev–Trinajstić information content (AvgIpc) is 2.71. The number of hydrogen-bond donors (Lipinski definition) is 1. The van der Waals surface area contributed by atoms with E-state index in [0.717, 1.165) is 5.02 Å². The first-order valence-corrected chi connectivity index (χ1v) is 6.72. The van der Waals surface area contributed by atoms with Gasteiger partial charge in [0, 0.05) is 11.8 Å². The number of halogens is 1. The van der Waals surface area contributed by atoms with Crippen LogP contribution in [0.2, 0.25) is 5.02 Å². The molecular formula is C9H12ClNS2. The molecule has 0 saturated carbocycles. The Morgan fingerprint density at radius 1 is 1.69 bits per heavy atom. The molecule has 2 unspecified atom stereocenters. The highest BCUT2D eigenvalue weighted by Crippen LogP contribution is 2.39. The maximum atomic E-state index is 6.07. The van der Waals surface area contributed by atoms with E-state index in [0.29, 0.717) is 11.4 Å². The monoisotopic (exact) mass is 233 g/mol. The van der Waals surface area contributed by atoms with Crippen LogP contribution in [-0.2, 0) is 0 Å².